The van der Waals surface area contributed by atoms with Crippen LogP contribution in [0.1, 0.15) is 103 Å². The number of aryl methyl sites for hydroxylation is 1. The molecule has 0 unspecified atom stereocenters. The Morgan fingerprint density at radius 2 is 1.09 bits per heavy atom. The largest absolute Gasteiger partial charge is 0.744 e. The summed E-state index contributed by atoms with van der Waals surface area (Å²) in [5.74, 6) is 0. The van der Waals surface area contributed by atoms with Gasteiger partial charge in [0.05, 0.1) is 31.1 Å². The minimum absolute atomic E-state index is 0.178. The van der Waals surface area contributed by atoms with Gasteiger partial charge in [-0.3, -0.25) is 0 Å². The molecule has 0 aliphatic heterocycles. The van der Waals surface area contributed by atoms with Gasteiger partial charge in [0, 0.05) is 6.61 Å². The number of aliphatic hydroxyl groups is 1. The van der Waals surface area contributed by atoms with E-state index in [1.165, 1.54) is 113 Å². The fourth-order valence-electron chi connectivity index (χ4n) is 4.20. The Morgan fingerprint density at radius 3 is 1.48 bits per heavy atom. The molecule has 0 aromatic heterocycles. The van der Waals surface area contributed by atoms with Gasteiger partial charge in [-0.05, 0) is 70.4 Å². The van der Waals surface area contributed by atoms with Crippen molar-refractivity contribution in [1.82, 2.24) is 0 Å². The van der Waals surface area contributed by atoms with Crippen LogP contribution >= 0.6 is 0 Å². The summed E-state index contributed by atoms with van der Waals surface area (Å²) in [4.78, 5) is -0.178. The second-order valence-corrected chi connectivity index (χ2v) is 10.8. The maximum absolute atomic E-state index is 10.4. The molecule has 0 aliphatic rings. The molecule has 0 saturated heterocycles. The van der Waals surface area contributed by atoms with Crippen LogP contribution in [0.4, 0.5) is 0 Å². The lowest BCUT2D eigenvalue weighted by atomic mass is 10.1. The number of nitrogens with zero attached hydrogens (tertiary/aromatic N) is 1. The molecule has 194 valence electrons. The molecule has 33 heavy (non-hydrogen) atoms. The van der Waals surface area contributed by atoms with Crippen molar-refractivity contribution in [3.63, 3.8) is 0 Å². The van der Waals surface area contributed by atoms with Gasteiger partial charge in [0.15, 0.2) is 0 Å². The second-order valence-electron chi connectivity index (χ2n) is 9.41. The van der Waals surface area contributed by atoms with Crippen LogP contribution in [-0.4, -0.2) is 55.3 Å². The number of hydrogen-bond acceptors (Lipinski definition) is 4. The van der Waals surface area contributed by atoms with Crippen molar-refractivity contribution >= 4 is 10.1 Å². The van der Waals surface area contributed by atoms with Gasteiger partial charge in [0.25, 0.3) is 0 Å². The molecule has 0 atom stereocenters. The Bertz CT molecular complexity index is 647. The van der Waals surface area contributed by atoms with Crippen LogP contribution in [-0.2, 0) is 10.1 Å². The summed E-state index contributed by atoms with van der Waals surface area (Å²) in [5, 5.41) is 9.13. The van der Waals surface area contributed by atoms with E-state index in [0.29, 0.717) is 6.61 Å². The first kappa shape index (κ1) is 32.0. The molecule has 0 saturated carbocycles. The lowest BCUT2D eigenvalue weighted by Gasteiger charge is -2.39. The highest BCUT2D eigenvalue weighted by molar-refractivity contribution is 7.85. The molecule has 1 aromatic rings. The highest BCUT2D eigenvalue weighted by atomic mass is 32.2. The molecule has 0 amide bonds. The van der Waals surface area contributed by atoms with Crippen LogP contribution in [0.3, 0.4) is 0 Å². The predicted molar refractivity (Wildman–Crippen MR) is 138 cm³/mol. The summed E-state index contributed by atoms with van der Waals surface area (Å²) in [6, 6.07) is 5.78. The summed E-state index contributed by atoms with van der Waals surface area (Å²) in [6.45, 7) is 14.5. The van der Waals surface area contributed by atoms with Gasteiger partial charge in [0.2, 0.25) is 0 Å². The third-order valence-electron chi connectivity index (χ3n) is 6.31. The predicted octanol–water partition coefficient (Wildman–Crippen LogP) is 6.44. The van der Waals surface area contributed by atoms with E-state index in [1.54, 1.807) is 12.1 Å². The Labute approximate surface area is 204 Å². The van der Waals surface area contributed by atoms with Gasteiger partial charge in [-0.2, -0.15) is 0 Å². The minimum Gasteiger partial charge on any atom is -0.744 e. The van der Waals surface area contributed by atoms with Crippen LogP contribution in [0.5, 0.6) is 0 Å². The fraction of sp³-hybridized carbons (Fsp3) is 0.778. The van der Waals surface area contributed by atoms with Crippen molar-refractivity contribution in [2.24, 2.45) is 0 Å². The van der Waals surface area contributed by atoms with Gasteiger partial charge in [-0.25, -0.2) is 8.42 Å². The third-order valence-corrected chi connectivity index (χ3v) is 7.16. The number of quaternary nitrogens is 1. The lowest BCUT2D eigenvalue weighted by Crippen LogP contribution is -2.50. The molecule has 6 heteroatoms. The molecule has 0 spiro atoms. The van der Waals surface area contributed by atoms with E-state index in [1.807, 2.05) is 6.92 Å². The normalized spacial score (nSPS) is 11.8. The van der Waals surface area contributed by atoms with Gasteiger partial charge in [-0.1, -0.05) is 64.2 Å². The van der Waals surface area contributed by atoms with Gasteiger partial charge in [-0.15, -0.1) is 0 Å². The zero-order valence-electron chi connectivity index (χ0n) is 21.9. The van der Waals surface area contributed by atoms with Crippen molar-refractivity contribution in [2.75, 3.05) is 32.8 Å². The first-order valence-corrected chi connectivity index (χ1v) is 14.6. The van der Waals surface area contributed by atoms with Crippen molar-refractivity contribution in [2.45, 2.75) is 110 Å². The van der Waals surface area contributed by atoms with Crippen LogP contribution < -0.4 is 0 Å². The van der Waals surface area contributed by atoms with E-state index in [-0.39, 0.29) is 4.90 Å². The number of rotatable bonds is 18. The first-order valence-electron chi connectivity index (χ1n) is 13.2. The number of hydrogen-bond donors (Lipinski definition) is 1. The number of benzene rings is 1. The smallest absolute Gasteiger partial charge is 0.124 e. The van der Waals surface area contributed by atoms with Gasteiger partial charge in [0.1, 0.15) is 10.1 Å². The maximum atomic E-state index is 10.4. The van der Waals surface area contributed by atoms with Crippen LogP contribution in [0.15, 0.2) is 29.2 Å². The maximum Gasteiger partial charge on any atom is 0.124 e. The van der Waals surface area contributed by atoms with Gasteiger partial charge < -0.3 is 14.1 Å². The lowest BCUT2D eigenvalue weighted by molar-refractivity contribution is -0.929. The third kappa shape index (κ3) is 16.3. The number of unbranched alkanes of at least 4 members (excludes halogenated alkanes) is 8. The Balaban J connectivity index is 0.000000771. The topological polar surface area (TPSA) is 77.4 Å². The average molecular weight is 486 g/mol. The molecule has 0 fully saturated rings. The monoisotopic (exact) mass is 485 g/mol. The molecule has 1 N–H and O–H groups in total. The van der Waals surface area contributed by atoms with Crippen LogP contribution in [0.2, 0.25) is 0 Å². The molecule has 1 rings (SSSR count). The number of aliphatic hydroxyl groups excluding tert-OH is 1. The molecule has 0 radical (unpaired) electrons. The Kier molecular flexibility index (Phi) is 18.8. The zero-order chi connectivity index (χ0) is 25.0. The zero-order valence-corrected chi connectivity index (χ0v) is 22.7. The summed E-state index contributed by atoms with van der Waals surface area (Å²) < 4.78 is 32.5. The van der Waals surface area contributed by atoms with Crippen LogP contribution in [0, 0.1) is 6.92 Å². The Morgan fingerprint density at radius 1 is 0.697 bits per heavy atom. The first-order chi connectivity index (χ1) is 15.7. The molecular weight excluding hydrogens is 434 g/mol. The van der Waals surface area contributed by atoms with Crippen molar-refractivity contribution < 1.29 is 22.6 Å². The van der Waals surface area contributed by atoms with Crippen LogP contribution in [0.25, 0.3) is 0 Å². The summed E-state index contributed by atoms with van der Waals surface area (Å²) >= 11 is 0. The fourth-order valence-corrected chi connectivity index (χ4v) is 4.67. The summed E-state index contributed by atoms with van der Waals surface area (Å²) in [5.41, 5.74) is 0.928. The Hall–Kier alpha value is -0.950. The SMILES string of the molecule is CCCCCC[N+](CCCCC)(CCCCC)CCCCO.Cc1ccc(S(=O)(=O)[O-])cc1. The summed E-state index contributed by atoms with van der Waals surface area (Å²) in [6.07, 6.45) is 15.9. The molecular formula is C27H51NO4S. The molecule has 0 aliphatic carbocycles. The van der Waals surface area contributed by atoms with Crippen molar-refractivity contribution in [3.05, 3.63) is 29.8 Å². The second kappa shape index (κ2) is 19.4. The quantitative estimate of drug-likeness (QED) is 0.147. The summed E-state index contributed by atoms with van der Waals surface area (Å²) in [7, 11) is -4.27. The molecule has 0 bridgehead atoms. The van der Waals surface area contributed by atoms with Crippen molar-refractivity contribution in [3.8, 4) is 0 Å². The molecule has 1 aromatic carbocycles. The van der Waals surface area contributed by atoms with E-state index in [0.717, 1.165) is 12.0 Å². The standard InChI is InChI=1S/C20H44NO.C7H8O3S/c1-4-7-10-13-18-21(16-11-8-5-2,17-12-9-6-3)19-14-15-20-22;1-6-2-4-7(5-3-6)11(8,9)10/h22H,4-20H2,1-3H3;2-5H,1H3,(H,8,9,10)/q+1;/p-1. The van der Waals surface area contributed by atoms with E-state index in [9.17, 15) is 13.0 Å². The van der Waals surface area contributed by atoms with E-state index < -0.39 is 10.1 Å². The van der Waals surface area contributed by atoms with E-state index in [4.69, 9.17) is 5.11 Å². The molecule has 5 nitrogen and oxygen atoms in total. The van der Waals surface area contributed by atoms with Crippen molar-refractivity contribution in [1.29, 1.82) is 0 Å². The van der Waals surface area contributed by atoms with Gasteiger partial charge >= 0.3 is 0 Å². The minimum atomic E-state index is -4.27. The highest BCUT2D eigenvalue weighted by Crippen LogP contribution is 2.18. The average Bonchev–Trinajstić information content (AvgIpc) is 2.77. The molecule has 0 heterocycles. The van der Waals surface area contributed by atoms with E-state index in [2.05, 4.69) is 20.8 Å². The van der Waals surface area contributed by atoms with E-state index >= 15 is 0 Å². The highest BCUT2D eigenvalue weighted by Gasteiger charge is 2.25.